The van der Waals surface area contributed by atoms with E-state index in [2.05, 4.69) is 5.32 Å². The van der Waals surface area contributed by atoms with Crippen LogP contribution in [0.2, 0.25) is 0 Å². The van der Waals surface area contributed by atoms with Gasteiger partial charge < -0.3 is 19.7 Å². The standard InChI is InChI=1S/C12H21N3O5S/c1-12(17,4-5-20-3)8-14-11(16)10-6-9(7-15(10)2)21(13,18)19/h6-7,17H,4-5,8H2,1-3H3,(H,14,16)(H2,13,18,19). The number of amides is 1. The van der Waals surface area contributed by atoms with Crippen molar-refractivity contribution in [1.82, 2.24) is 9.88 Å². The minimum absolute atomic E-state index is 0.0189. The number of nitrogens with two attached hydrogens (primary N) is 1. The fraction of sp³-hybridized carbons (Fsp3) is 0.583. The number of carbonyl (C=O) groups excluding carboxylic acids is 1. The number of aromatic nitrogens is 1. The summed E-state index contributed by atoms with van der Waals surface area (Å²) in [6, 6.07) is 1.19. The Bertz CT molecular complexity index is 606. The molecule has 1 aromatic rings. The molecule has 8 nitrogen and oxygen atoms in total. The zero-order valence-electron chi connectivity index (χ0n) is 12.3. The summed E-state index contributed by atoms with van der Waals surface area (Å²) in [7, 11) is -0.804. The van der Waals surface area contributed by atoms with Crippen LogP contribution in [0, 0.1) is 0 Å². The zero-order chi connectivity index (χ0) is 16.3. The maximum atomic E-state index is 12.0. The monoisotopic (exact) mass is 319 g/mol. The third-order valence-electron chi connectivity index (χ3n) is 3.02. The molecule has 0 radical (unpaired) electrons. The van der Waals surface area contributed by atoms with Crippen LogP contribution in [-0.2, 0) is 21.8 Å². The summed E-state index contributed by atoms with van der Waals surface area (Å²) in [6.45, 7) is 1.96. The van der Waals surface area contributed by atoms with Gasteiger partial charge in [-0.25, -0.2) is 13.6 Å². The van der Waals surface area contributed by atoms with Crippen LogP contribution in [0.5, 0.6) is 0 Å². The smallest absolute Gasteiger partial charge is 0.268 e. The van der Waals surface area contributed by atoms with Crippen LogP contribution < -0.4 is 10.5 Å². The largest absolute Gasteiger partial charge is 0.388 e. The van der Waals surface area contributed by atoms with Crippen molar-refractivity contribution in [2.75, 3.05) is 20.3 Å². The Kier molecular flexibility index (Phi) is 5.51. The van der Waals surface area contributed by atoms with Gasteiger partial charge in [0.2, 0.25) is 10.0 Å². The van der Waals surface area contributed by atoms with E-state index in [0.717, 1.165) is 0 Å². The van der Waals surface area contributed by atoms with Gasteiger partial charge in [-0.05, 0) is 13.0 Å². The average molecular weight is 319 g/mol. The molecule has 0 aromatic carbocycles. The van der Waals surface area contributed by atoms with E-state index >= 15 is 0 Å². The number of ether oxygens (including phenoxy) is 1. The lowest BCUT2D eigenvalue weighted by molar-refractivity contribution is 0.0242. The van der Waals surface area contributed by atoms with Gasteiger partial charge in [0.15, 0.2) is 0 Å². The van der Waals surface area contributed by atoms with Crippen molar-refractivity contribution in [1.29, 1.82) is 0 Å². The highest BCUT2D eigenvalue weighted by Gasteiger charge is 2.23. The van der Waals surface area contributed by atoms with Crippen molar-refractivity contribution in [3.63, 3.8) is 0 Å². The molecule has 9 heteroatoms. The minimum atomic E-state index is -3.86. The Morgan fingerprint density at radius 1 is 1.57 bits per heavy atom. The van der Waals surface area contributed by atoms with Gasteiger partial charge in [-0.3, -0.25) is 4.79 Å². The minimum Gasteiger partial charge on any atom is -0.388 e. The molecule has 1 heterocycles. The molecule has 21 heavy (non-hydrogen) atoms. The van der Waals surface area contributed by atoms with Crippen molar-refractivity contribution >= 4 is 15.9 Å². The summed E-state index contributed by atoms with van der Waals surface area (Å²) < 4.78 is 28.7. The molecule has 4 N–H and O–H groups in total. The normalized spacial score (nSPS) is 14.7. The SMILES string of the molecule is COCCC(C)(O)CNC(=O)c1cc(S(N)(=O)=O)cn1C. The maximum absolute atomic E-state index is 12.0. The maximum Gasteiger partial charge on any atom is 0.268 e. The predicted molar refractivity (Wildman–Crippen MR) is 76.2 cm³/mol. The zero-order valence-corrected chi connectivity index (χ0v) is 13.1. The lowest BCUT2D eigenvalue weighted by atomic mass is 10.0. The van der Waals surface area contributed by atoms with Gasteiger partial charge >= 0.3 is 0 Å². The van der Waals surface area contributed by atoms with Crippen molar-refractivity contribution in [3.05, 3.63) is 18.0 Å². The fourth-order valence-corrected chi connectivity index (χ4v) is 2.27. The Morgan fingerprint density at radius 2 is 2.19 bits per heavy atom. The van der Waals surface area contributed by atoms with Crippen LogP contribution >= 0.6 is 0 Å². The van der Waals surface area contributed by atoms with Gasteiger partial charge in [-0.2, -0.15) is 0 Å². The summed E-state index contributed by atoms with van der Waals surface area (Å²) in [5.74, 6) is -0.495. The van der Waals surface area contributed by atoms with Gasteiger partial charge in [0, 0.05) is 39.9 Å². The molecule has 1 aromatic heterocycles. The van der Waals surface area contributed by atoms with E-state index in [1.165, 1.54) is 31.0 Å². The van der Waals surface area contributed by atoms with Gasteiger partial charge in [0.05, 0.1) is 5.60 Å². The number of primary sulfonamides is 1. The number of sulfonamides is 1. The van der Waals surface area contributed by atoms with Crippen LogP contribution in [0.25, 0.3) is 0 Å². The molecule has 0 saturated carbocycles. The molecule has 1 amide bonds. The molecule has 120 valence electrons. The number of rotatable bonds is 7. The molecule has 0 spiro atoms. The van der Waals surface area contributed by atoms with Crippen molar-refractivity contribution in [3.8, 4) is 0 Å². The Hall–Kier alpha value is -1.42. The van der Waals surface area contributed by atoms with E-state index in [1.54, 1.807) is 6.92 Å². The van der Waals surface area contributed by atoms with E-state index in [-0.39, 0.29) is 17.1 Å². The Morgan fingerprint density at radius 3 is 2.67 bits per heavy atom. The lowest BCUT2D eigenvalue weighted by Gasteiger charge is -2.23. The molecule has 0 aliphatic rings. The highest BCUT2D eigenvalue weighted by atomic mass is 32.2. The highest BCUT2D eigenvalue weighted by molar-refractivity contribution is 7.89. The van der Waals surface area contributed by atoms with Gasteiger partial charge in [0.1, 0.15) is 10.6 Å². The van der Waals surface area contributed by atoms with Crippen LogP contribution in [0.1, 0.15) is 23.8 Å². The molecular weight excluding hydrogens is 298 g/mol. The van der Waals surface area contributed by atoms with E-state index in [0.29, 0.717) is 13.0 Å². The molecule has 0 aliphatic heterocycles. The summed E-state index contributed by atoms with van der Waals surface area (Å²) in [4.78, 5) is 11.9. The first-order chi connectivity index (χ1) is 9.57. The van der Waals surface area contributed by atoms with Crippen molar-refractivity contribution in [2.45, 2.75) is 23.8 Å². The van der Waals surface area contributed by atoms with Crippen molar-refractivity contribution in [2.24, 2.45) is 12.2 Å². The van der Waals surface area contributed by atoms with Crippen LogP contribution in [0.4, 0.5) is 0 Å². The third-order valence-corrected chi connectivity index (χ3v) is 3.90. The summed E-state index contributed by atoms with van der Waals surface area (Å²) in [6.07, 6.45) is 1.62. The van der Waals surface area contributed by atoms with Gasteiger partial charge in [-0.15, -0.1) is 0 Å². The number of hydrogen-bond donors (Lipinski definition) is 3. The topological polar surface area (TPSA) is 124 Å². The van der Waals surface area contributed by atoms with E-state index in [4.69, 9.17) is 9.88 Å². The first-order valence-corrected chi connectivity index (χ1v) is 7.80. The van der Waals surface area contributed by atoms with Crippen LogP contribution in [-0.4, -0.2) is 49.9 Å². The molecule has 0 fully saturated rings. The summed E-state index contributed by atoms with van der Waals surface area (Å²) in [5, 5.41) is 17.6. The molecule has 0 bridgehead atoms. The van der Waals surface area contributed by atoms with Gasteiger partial charge in [-0.1, -0.05) is 0 Å². The van der Waals surface area contributed by atoms with E-state index in [1.807, 2.05) is 0 Å². The second-order valence-electron chi connectivity index (χ2n) is 5.14. The molecule has 1 rings (SSSR count). The number of carbonyl (C=O) groups is 1. The fourth-order valence-electron chi connectivity index (χ4n) is 1.69. The summed E-state index contributed by atoms with van der Waals surface area (Å²) in [5.41, 5.74) is -0.971. The number of nitrogens with zero attached hydrogens (tertiary/aromatic N) is 1. The Labute approximate surface area is 123 Å². The number of methoxy groups -OCH3 is 1. The molecule has 1 atom stereocenters. The van der Waals surface area contributed by atoms with E-state index in [9.17, 15) is 18.3 Å². The molecule has 0 saturated heterocycles. The number of aliphatic hydroxyl groups is 1. The first-order valence-electron chi connectivity index (χ1n) is 6.25. The second-order valence-corrected chi connectivity index (χ2v) is 6.70. The summed E-state index contributed by atoms with van der Waals surface area (Å²) >= 11 is 0. The molecule has 1 unspecified atom stereocenters. The highest BCUT2D eigenvalue weighted by Crippen LogP contribution is 2.13. The first kappa shape index (κ1) is 17.6. The second kappa shape index (κ2) is 6.56. The number of aryl methyl sites for hydroxylation is 1. The predicted octanol–water partition coefficient (Wildman–Crippen LogP) is -0.810. The molecule has 0 aliphatic carbocycles. The number of nitrogens with one attached hydrogen (secondary N) is 1. The quantitative estimate of drug-likeness (QED) is 0.606. The van der Waals surface area contributed by atoms with E-state index < -0.39 is 21.5 Å². The third kappa shape index (κ3) is 5.12. The van der Waals surface area contributed by atoms with Crippen LogP contribution in [0.3, 0.4) is 0 Å². The number of hydrogen-bond acceptors (Lipinski definition) is 5. The molecular formula is C12H21N3O5S. The average Bonchev–Trinajstić information content (AvgIpc) is 2.76. The van der Waals surface area contributed by atoms with Gasteiger partial charge in [0.25, 0.3) is 5.91 Å². The Balaban J connectivity index is 2.75. The lowest BCUT2D eigenvalue weighted by Crippen LogP contribution is -2.41. The van der Waals surface area contributed by atoms with Crippen molar-refractivity contribution < 1.29 is 23.1 Å². The van der Waals surface area contributed by atoms with Crippen LogP contribution in [0.15, 0.2) is 17.2 Å².